The van der Waals surface area contributed by atoms with Gasteiger partial charge in [-0.15, -0.1) is 0 Å². The number of aliphatic imine (C=N–C) groups is 1. The fourth-order valence-corrected chi connectivity index (χ4v) is 3.87. The van der Waals surface area contributed by atoms with Gasteiger partial charge in [-0.25, -0.2) is 0 Å². The molecule has 4 rings (SSSR count). The predicted octanol–water partition coefficient (Wildman–Crippen LogP) is 1.62. The number of aromatic hydroxyl groups is 1. The topological polar surface area (TPSA) is 102 Å². The maximum atomic E-state index is 10.8. The number of fused-ring (bicyclic) bond motifs is 1. The second-order valence-electron chi connectivity index (χ2n) is 7.52. The smallest absolute Gasteiger partial charge is 0.185 e. The first-order chi connectivity index (χ1) is 15.2. The Morgan fingerprint density at radius 3 is 2.68 bits per heavy atom. The molecular weight excluding hydrogens is 400 g/mol. The number of benzene rings is 2. The van der Waals surface area contributed by atoms with Gasteiger partial charge in [-0.1, -0.05) is 42.5 Å². The van der Waals surface area contributed by atoms with Crippen molar-refractivity contribution in [2.75, 3.05) is 26.8 Å². The maximum Gasteiger partial charge on any atom is 0.185 e. The van der Waals surface area contributed by atoms with Gasteiger partial charge in [0.05, 0.1) is 19.2 Å². The Labute approximate surface area is 181 Å². The molecule has 0 aromatic heterocycles. The van der Waals surface area contributed by atoms with Gasteiger partial charge in [0.15, 0.2) is 12.6 Å². The van der Waals surface area contributed by atoms with Crippen molar-refractivity contribution in [1.29, 1.82) is 0 Å². The number of nitrogens with zero attached hydrogens (tertiary/aromatic N) is 1. The monoisotopic (exact) mass is 428 g/mol. The van der Waals surface area contributed by atoms with Crippen molar-refractivity contribution in [1.82, 2.24) is 5.32 Å². The summed E-state index contributed by atoms with van der Waals surface area (Å²) >= 11 is 0. The van der Waals surface area contributed by atoms with Gasteiger partial charge in [0, 0.05) is 31.0 Å². The standard InChI is InChI=1S/C23H28N2O6/c1-28-23-20(27)19(25-12-11-24-13-16-9-5-6-10-17(16)26)21-18(30-23)14-29-22(31-21)15-7-3-2-4-8-15/h2-10,13,18-23,25-27H,11-12,14H2,1H3/t18-,19+,20+,21-,22?,23+/m1/s1. The lowest BCUT2D eigenvalue weighted by molar-refractivity contribution is -0.341. The first-order valence-electron chi connectivity index (χ1n) is 10.4. The molecule has 2 saturated heterocycles. The molecule has 0 bridgehead atoms. The van der Waals surface area contributed by atoms with Crippen LogP contribution in [-0.4, -0.2) is 73.9 Å². The van der Waals surface area contributed by atoms with E-state index >= 15 is 0 Å². The fraction of sp³-hybridized carbons (Fsp3) is 0.435. The molecule has 2 heterocycles. The Kier molecular flexibility index (Phi) is 7.29. The van der Waals surface area contributed by atoms with Crippen molar-refractivity contribution >= 4 is 6.21 Å². The van der Waals surface area contributed by atoms with Crippen LogP contribution in [0.2, 0.25) is 0 Å². The zero-order chi connectivity index (χ0) is 21.6. The summed E-state index contributed by atoms with van der Waals surface area (Å²) in [6, 6.07) is 16.3. The van der Waals surface area contributed by atoms with E-state index < -0.39 is 30.8 Å². The number of methoxy groups -OCH3 is 1. The molecule has 0 saturated carbocycles. The average Bonchev–Trinajstić information content (AvgIpc) is 2.81. The van der Waals surface area contributed by atoms with E-state index in [-0.39, 0.29) is 11.9 Å². The van der Waals surface area contributed by atoms with Crippen LogP contribution in [0.3, 0.4) is 0 Å². The second kappa shape index (κ2) is 10.3. The molecule has 3 N–H and O–H groups in total. The summed E-state index contributed by atoms with van der Waals surface area (Å²) in [6.07, 6.45) is -1.36. The molecule has 0 aliphatic carbocycles. The number of hydrogen-bond acceptors (Lipinski definition) is 8. The van der Waals surface area contributed by atoms with E-state index in [1.165, 1.54) is 7.11 Å². The number of aliphatic hydroxyl groups is 1. The third-order valence-corrected chi connectivity index (χ3v) is 5.46. The Hall–Kier alpha value is -2.33. The Morgan fingerprint density at radius 1 is 1.13 bits per heavy atom. The van der Waals surface area contributed by atoms with Crippen LogP contribution in [0, 0.1) is 0 Å². The minimum Gasteiger partial charge on any atom is -0.507 e. The molecule has 0 amide bonds. The lowest BCUT2D eigenvalue weighted by Crippen LogP contribution is -2.66. The van der Waals surface area contributed by atoms with Crippen molar-refractivity contribution in [3.8, 4) is 5.75 Å². The van der Waals surface area contributed by atoms with Crippen LogP contribution in [0.5, 0.6) is 5.75 Å². The van der Waals surface area contributed by atoms with Gasteiger partial charge in [0.1, 0.15) is 24.1 Å². The molecule has 0 spiro atoms. The van der Waals surface area contributed by atoms with Crippen molar-refractivity contribution in [2.45, 2.75) is 36.9 Å². The van der Waals surface area contributed by atoms with Crippen LogP contribution < -0.4 is 5.32 Å². The Balaban J connectivity index is 1.40. The van der Waals surface area contributed by atoms with Gasteiger partial charge in [-0.05, 0) is 12.1 Å². The molecule has 2 aliphatic heterocycles. The summed E-state index contributed by atoms with van der Waals surface area (Å²) in [5.41, 5.74) is 1.57. The van der Waals surface area contributed by atoms with Gasteiger partial charge in [0.25, 0.3) is 0 Å². The molecule has 8 nitrogen and oxygen atoms in total. The lowest BCUT2D eigenvalue weighted by Gasteiger charge is -2.48. The zero-order valence-electron chi connectivity index (χ0n) is 17.3. The number of ether oxygens (including phenoxy) is 4. The van der Waals surface area contributed by atoms with Crippen molar-refractivity contribution < 1.29 is 29.2 Å². The van der Waals surface area contributed by atoms with E-state index in [0.717, 1.165) is 5.56 Å². The molecule has 2 aromatic rings. The van der Waals surface area contributed by atoms with Gasteiger partial charge in [0.2, 0.25) is 0 Å². The van der Waals surface area contributed by atoms with Crippen LogP contribution in [0.15, 0.2) is 59.6 Å². The lowest BCUT2D eigenvalue weighted by atomic mass is 9.95. The summed E-state index contributed by atoms with van der Waals surface area (Å²) in [5.74, 6) is 0.187. The molecule has 31 heavy (non-hydrogen) atoms. The van der Waals surface area contributed by atoms with Crippen LogP contribution in [0.1, 0.15) is 17.4 Å². The highest BCUT2D eigenvalue weighted by Gasteiger charge is 2.49. The molecule has 6 atom stereocenters. The largest absolute Gasteiger partial charge is 0.507 e. The van der Waals surface area contributed by atoms with E-state index in [9.17, 15) is 10.2 Å². The molecular formula is C23H28N2O6. The number of aliphatic hydroxyl groups excluding tert-OH is 1. The van der Waals surface area contributed by atoms with Crippen molar-refractivity contribution in [2.24, 2.45) is 4.99 Å². The normalized spacial score (nSPS) is 30.9. The van der Waals surface area contributed by atoms with Gasteiger partial charge < -0.3 is 34.5 Å². The van der Waals surface area contributed by atoms with E-state index in [0.29, 0.717) is 25.3 Å². The molecule has 1 unspecified atom stereocenters. The van der Waals surface area contributed by atoms with Crippen molar-refractivity contribution in [3.05, 3.63) is 65.7 Å². The molecule has 8 heteroatoms. The Morgan fingerprint density at radius 2 is 1.90 bits per heavy atom. The summed E-state index contributed by atoms with van der Waals surface area (Å²) in [5, 5.41) is 23.9. The predicted molar refractivity (Wildman–Crippen MR) is 114 cm³/mol. The number of para-hydroxylation sites is 1. The minimum atomic E-state index is -0.914. The quantitative estimate of drug-likeness (QED) is 0.455. The van der Waals surface area contributed by atoms with Gasteiger partial charge in [-0.3, -0.25) is 4.99 Å². The number of rotatable bonds is 7. The van der Waals surface area contributed by atoms with Crippen molar-refractivity contribution in [3.63, 3.8) is 0 Å². The number of phenolic OH excluding ortho intramolecular Hbond substituents is 1. The first kappa shape index (κ1) is 21.9. The second-order valence-corrected chi connectivity index (χ2v) is 7.52. The molecule has 0 radical (unpaired) electrons. The highest BCUT2D eigenvalue weighted by Crippen LogP contribution is 2.34. The molecule has 2 aliphatic rings. The van der Waals surface area contributed by atoms with Crippen LogP contribution in [-0.2, 0) is 18.9 Å². The van der Waals surface area contributed by atoms with E-state index in [2.05, 4.69) is 10.3 Å². The number of hydrogen-bond donors (Lipinski definition) is 3. The molecule has 2 aromatic carbocycles. The number of phenols is 1. The van der Waals surface area contributed by atoms with Crippen LogP contribution in [0.25, 0.3) is 0 Å². The summed E-state index contributed by atoms with van der Waals surface area (Å²) in [4.78, 5) is 4.36. The van der Waals surface area contributed by atoms with Gasteiger partial charge >= 0.3 is 0 Å². The van der Waals surface area contributed by atoms with E-state index in [1.807, 2.05) is 36.4 Å². The fourth-order valence-electron chi connectivity index (χ4n) is 3.87. The maximum absolute atomic E-state index is 10.8. The molecule has 2 fully saturated rings. The zero-order valence-corrected chi connectivity index (χ0v) is 17.3. The SMILES string of the molecule is CO[C@H]1O[C@@H]2COC(c3ccccc3)O[C@H]2[C@@H](NCCN=Cc2ccccc2O)[C@@H]1O. The first-order valence-corrected chi connectivity index (χ1v) is 10.4. The Bertz CT molecular complexity index is 864. The highest BCUT2D eigenvalue weighted by molar-refractivity contribution is 5.83. The average molecular weight is 428 g/mol. The summed E-state index contributed by atoms with van der Waals surface area (Å²) in [7, 11) is 1.50. The summed E-state index contributed by atoms with van der Waals surface area (Å²) in [6.45, 7) is 1.30. The van der Waals surface area contributed by atoms with Crippen LogP contribution >= 0.6 is 0 Å². The third kappa shape index (κ3) is 5.12. The van der Waals surface area contributed by atoms with E-state index in [1.54, 1.807) is 24.4 Å². The number of nitrogens with one attached hydrogen (secondary N) is 1. The minimum absolute atomic E-state index is 0.187. The highest BCUT2D eigenvalue weighted by atomic mass is 16.7. The summed E-state index contributed by atoms with van der Waals surface area (Å²) < 4.78 is 23.2. The van der Waals surface area contributed by atoms with E-state index in [4.69, 9.17) is 18.9 Å². The molecule has 166 valence electrons. The third-order valence-electron chi connectivity index (χ3n) is 5.46. The van der Waals surface area contributed by atoms with Crippen LogP contribution in [0.4, 0.5) is 0 Å². The van der Waals surface area contributed by atoms with Gasteiger partial charge in [-0.2, -0.15) is 0 Å².